The maximum absolute atomic E-state index is 12.1. The van der Waals surface area contributed by atoms with Crippen LogP contribution in [0.2, 0.25) is 0 Å². The van der Waals surface area contributed by atoms with Gasteiger partial charge in [-0.25, -0.2) is 0 Å². The van der Waals surface area contributed by atoms with Gasteiger partial charge < -0.3 is 14.8 Å². The predicted molar refractivity (Wildman–Crippen MR) is 95.7 cm³/mol. The van der Waals surface area contributed by atoms with Crippen LogP contribution < -0.4 is 14.8 Å². The molecule has 4 nitrogen and oxygen atoms in total. The minimum Gasteiger partial charge on any atom is -0.497 e. The van der Waals surface area contributed by atoms with Crippen molar-refractivity contribution in [1.82, 2.24) is 5.32 Å². The topological polar surface area (TPSA) is 47.6 Å². The third kappa shape index (κ3) is 4.51. The Bertz CT molecular complexity index is 708. The van der Waals surface area contributed by atoms with Crippen LogP contribution in [0, 0.1) is 20.8 Å². The SMILES string of the molecule is COc1ccc(OCC(=O)NC(C)c2cc(C)c(C)cc2C)cc1. The van der Waals surface area contributed by atoms with Crippen molar-refractivity contribution >= 4 is 5.91 Å². The fraction of sp³-hybridized carbons (Fsp3) is 0.350. The molecule has 0 heterocycles. The van der Waals surface area contributed by atoms with Crippen LogP contribution in [0.3, 0.4) is 0 Å². The zero-order valence-corrected chi connectivity index (χ0v) is 15.0. The highest BCUT2D eigenvalue weighted by Crippen LogP contribution is 2.22. The Hall–Kier alpha value is -2.49. The van der Waals surface area contributed by atoms with Crippen molar-refractivity contribution in [2.24, 2.45) is 0 Å². The number of amides is 1. The van der Waals surface area contributed by atoms with Crippen molar-refractivity contribution in [3.05, 3.63) is 58.7 Å². The molecule has 0 aliphatic heterocycles. The monoisotopic (exact) mass is 327 g/mol. The number of methoxy groups -OCH3 is 1. The Kier molecular flexibility index (Phi) is 5.85. The van der Waals surface area contributed by atoms with Crippen LogP contribution in [0.25, 0.3) is 0 Å². The van der Waals surface area contributed by atoms with Gasteiger partial charge in [-0.05, 0) is 74.2 Å². The van der Waals surface area contributed by atoms with Crippen molar-refractivity contribution in [1.29, 1.82) is 0 Å². The van der Waals surface area contributed by atoms with E-state index in [2.05, 4.69) is 38.2 Å². The first kappa shape index (κ1) is 17.9. The van der Waals surface area contributed by atoms with E-state index in [4.69, 9.17) is 9.47 Å². The van der Waals surface area contributed by atoms with Crippen LogP contribution in [-0.4, -0.2) is 19.6 Å². The Labute approximate surface area is 143 Å². The van der Waals surface area contributed by atoms with Gasteiger partial charge in [-0.3, -0.25) is 4.79 Å². The normalized spacial score (nSPS) is 11.7. The number of nitrogens with one attached hydrogen (secondary N) is 1. The zero-order valence-electron chi connectivity index (χ0n) is 15.0. The van der Waals surface area contributed by atoms with Gasteiger partial charge in [-0.2, -0.15) is 0 Å². The largest absolute Gasteiger partial charge is 0.497 e. The Morgan fingerprint density at radius 1 is 1.00 bits per heavy atom. The number of carbonyl (C=O) groups excluding carboxylic acids is 1. The standard InChI is InChI=1S/C20H25NO3/c1-13-10-15(3)19(11-14(13)2)16(4)21-20(22)12-24-18-8-6-17(23-5)7-9-18/h6-11,16H,12H2,1-5H3,(H,21,22). The summed E-state index contributed by atoms with van der Waals surface area (Å²) in [5, 5.41) is 2.99. The Morgan fingerprint density at radius 2 is 1.58 bits per heavy atom. The molecule has 1 atom stereocenters. The van der Waals surface area contributed by atoms with E-state index in [1.54, 1.807) is 31.4 Å². The average Bonchev–Trinajstić information content (AvgIpc) is 2.56. The van der Waals surface area contributed by atoms with Crippen LogP contribution in [0.5, 0.6) is 11.5 Å². The minimum atomic E-state index is -0.143. The quantitative estimate of drug-likeness (QED) is 0.876. The lowest BCUT2D eigenvalue weighted by atomic mass is 9.96. The fourth-order valence-electron chi connectivity index (χ4n) is 2.63. The second-order valence-electron chi connectivity index (χ2n) is 6.05. The molecule has 0 aliphatic carbocycles. The summed E-state index contributed by atoms with van der Waals surface area (Å²) < 4.78 is 10.6. The smallest absolute Gasteiger partial charge is 0.258 e. The summed E-state index contributed by atoms with van der Waals surface area (Å²) in [6, 6.07) is 11.4. The first-order chi connectivity index (χ1) is 11.4. The van der Waals surface area contributed by atoms with Gasteiger partial charge in [0.1, 0.15) is 11.5 Å². The number of hydrogen-bond acceptors (Lipinski definition) is 3. The van der Waals surface area contributed by atoms with E-state index in [1.807, 2.05) is 6.92 Å². The highest BCUT2D eigenvalue weighted by atomic mass is 16.5. The summed E-state index contributed by atoms with van der Waals surface area (Å²) >= 11 is 0. The molecule has 0 saturated carbocycles. The van der Waals surface area contributed by atoms with E-state index in [-0.39, 0.29) is 18.6 Å². The molecule has 0 fully saturated rings. The van der Waals surface area contributed by atoms with Crippen LogP contribution in [0.1, 0.15) is 35.2 Å². The van der Waals surface area contributed by atoms with E-state index < -0.39 is 0 Å². The molecule has 4 heteroatoms. The van der Waals surface area contributed by atoms with Crippen LogP contribution in [0.15, 0.2) is 36.4 Å². The highest BCUT2D eigenvalue weighted by Gasteiger charge is 2.13. The lowest BCUT2D eigenvalue weighted by molar-refractivity contribution is -0.123. The maximum Gasteiger partial charge on any atom is 0.258 e. The molecular weight excluding hydrogens is 302 g/mol. The summed E-state index contributed by atoms with van der Waals surface area (Å²) in [6.07, 6.45) is 0. The number of ether oxygens (including phenoxy) is 2. The van der Waals surface area contributed by atoms with Crippen LogP contribution >= 0.6 is 0 Å². The minimum absolute atomic E-state index is 0.0133. The third-order valence-corrected chi connectivity index (χ3v) is 4.16. The molecule has 1 amide bonds. The van der Waals surface area contributed by atoms with E-state index in [9.17, 15) is 4.79 Å². The lowest BCUT2D eigenvalue weighted by Gasteiger charge is -2.18. The first-order valence-electron chi connectivity index (χ1n) is 8.04. The first-order valence-corrected chi connectivity index (χ1v) is 8.04. The number of hydrogen-bond donors (Lipinski definition) is 1. The van der Waals surface area contributed by atoms with Gasteiger partial charge in [0.05, 0.1) is 13.2 Å². The molecule has 128 valence electrons. The lowest BCUT2D eigenvalue weighted by Crippen LogP contribution is -2.31. The van der Waals surface area contributed by atoms with E-state index in [0.717, 1.165) is 11.3 Å². The summed E-state index contributed by atoms with van der Waals surface area (Å²) in [7, 11) is 1.61. The van der Waals surface area contributed by atoms with E-state index in [1.165, 1.54) is 16.7 Å². The van der Waals surface area contributed by atoms with Gasteiger partial charge in [-0.1, -0.05) is 12.1 Å². The summed E-state index contributed by atoms with van der Waals surface area (Å²) in [5.41, 5.74) is 4.81. The molecule has 2 aromatic carbocycles. The third-order valence-electron chi connectivity index (χ3n) is 4.16. The number of benzene rings is 2. The van der Waals surface area contributed by atoms with Crippen LogP contribution in [0.4, 0.5) is 0 Å². The fourth-order valence-corrected chi connectivity index (χ4v) is 2.63. The van der Waals surface area contributed by atoms with Gasteiger partial charge in [0.2, 0.25) is 0 Å². The van der Waals surface area contributed by atoms with Crippen molar-refractivity contribution in [2.75, 3.05) is 13.7 Å². The second kappa shape index (κ2) is 7.86. The van der Waals surface area contributed by atoms with Gasteiger partial charge in [0.25, 0.3) is 5.91 Å². The molecule has 1 unspecified atom stereocenters. The highest BCUT2D eigenvalue weighted by molar-refractivity contribution is 5.78. The second-order valence-corrected chi connectivity index (χ2v) is 6.05. The summed E-state index contributed by atoms with van der Waals surface area (Å²) in [5.74, 6) is 1.25. The van der Waals surface area contributed by atoms with Crippen molar-refractivity contribution < 1.29 is 14.3 Å². The molecule has 0 radical (unpaired) electrons. The van der Waals surface area contributed by atoms with Gasteiger partial charge in [0.15, 0.2) is 6.61 Å². The molecule has 0 spiro atoms. The van der Waals surface area contributed by atoms with Crippen molar-refractivity contribution in [2.45, 2.75) is 33.7 Å². The number of rotatable bonds is 6. The van der Waals surface area contributed by atoms with Crippen molar-refractivity contribution in [3.8, 4) is 11.5 Å². The molecule has 0 aromatic heterocycles. The molecule has 2 aromatic rings. The molecular formula is C20H25NO3. The van der Waals surface area contributed by atoms with E-state index in [0.29, 0.717) is 5.75 Å². The van der Waals surface area contributed by atoms with Crippen LogP contribution in [-0.2, 0) is 4.79 Å². The summed E-state index contributed by atoms with van der Waals surface area (Å²) in [4.78, 5) is 12.1. The summed E-state index contributed by atoms with van der Waals surface area (Å²) in [6.45, 7) is 8.22. The molecule has 0 saturated heterocycles. The molecule has 24 heavy (non-hydrogen) atoms. The van der Waals surface area contributed by atoms with Gasteiger partial charge >= 0.3 is 0 Å². The Morgan fingerprint density at radius 3 is 2.21 bits per heavy atom. The molecule has 0 bridgehead atoms. The molecule has 0 aliphatic rings. The van der Waals surface area contributed by atoms with Crippen molar-refractivity contribution in [3.63, 3.8) is 0 Å². The maximum atomic E-state index is 12.1. The van der Waals surface area contributed by atoms with Gasteiger partial charge in [0, 0.05) is 0 Å². The molecule has 1 N–H and O–H groups in total. The number of carbonyl (C=O) groups is 1. The average molecular weight is 327 g/mol. The van der Waals surface area contributed by atoms with E-state index >= 15 is 0 Å². The predicted octanol–water partition coefficient (Wildman–Crippen LogP) is 3.88. The zero-order chi connectivity index (χ0) is 17.7. The molecule has 2 rings (SSSR count). The number of aryl methyl sites for hydroxylation is 3. The Balaban J connectivity index is 1.92. The van der Waals surface area contributed by atoms with Gasteiger partial charge in [-0.15, -0.1) is 0 Å².